The first-order chi connectivity index (χ1) is 17.1. The van der Waals surface area contributed by atoms with Crippen LogP contribution in [0.5, 0.6) is 5.75 Å². The van der Waals surface area contributed by atoms with E-state index < -0.39 is 17.7 Å². The van der Waals surface area contributed by atoms with E-state index in [0.717, 1.165) is 32.7 Å². The minimum absolute atomic E-state index is 0.0840. The molecule has 0 radical (unpaired) electrons. The van der Waals surface area contributed by atoms with Gasteiger partial charge in [0.1, 0.15) is 18.0 Å². The molecule has 2 bridgehead atoms. The van der Waals surface area contributed by atoms with E-state index in [4.69, 9.17) is 25.2 Å². The molecule has 0 saturated carbocycles. The van der Waals surface area contributed by atoms with Crippen LogP contribution in [0.3, 0.4) is 0 Å². The van der Waals surface area contributed by atoms with Crippen LogP contribution in [0.2, 0.25) is 0 Å². The lowest BCUT2D eigenvalue weighted by molar-refractivity contribution is -0.138. The molecule has 36 heavy (non-hydrogen) atoms. The summed E-state index contributed by atoms with van der Waals surface area (Å²) in [5, 5.41) is 11.7. The van der Waals surface area contributed by atoms with Crippen LogP contribution < -0.4 is 15.8 Å². The van der Waals surface area contributed by atoms with Crippen molar-refractivity contribution in [2.24, 2.45) is 5.73 Å². The summed E-state index contributed by atoms with van der Waals surface area (Å²) in [7, 11) is 0. The van der Waals surface area contributed by atoms with Gasteiger partial charge >= 0.3 is 12.1 Å². The van der Waals surface area contributed by atoms with E-state index in [9.17, 15) is 9.59 Å². The van der Waals surface area contributed by atoms with Crippen molar-refractivity contribution in [3.05, 3.63) is 29.8 Å². The Bertz CT molecular complexity index is 899. The zero-order valence-corrected chi connectivity index (χ0v) is 21.4. The van der Waals surface area contributed by atoms with Crippen molar-refractivity contribution in [3.63, 3.8) is 0 Å². The molecule has 0 aromatic heterocycles. The number of nitrogens with two attached hydrogens (primary N) is 1. The van der Waals surface area contributed by atoms with Gasteiger partial charge in [-0.05, 0) is 45.0 Å². The molecule has 3 amide bonds. The number of nitriles is 1. The zero-order chi connectivity index (χ0) is 26.1. The predicted molar refractivity (Wildman–Crippen MR) is 134 cm³/mol. The smallest absolute Gasteiger partial charge is 0.407 e. The molecule has 3 rings (SSSR count). The fourth-order valence-corrected chi connectivity index (χ4v) is 4.35. The molecule has 3 N–H and O–H groups in total. The lowest BCUT2D eigenvalue weighted by Crippen LogP contribution is -2.61. The van der Waals surface area contributed by atoms with Gasteiger partial charge in [0.05, 0.1) is 30.4 Å². The van der Waals surface area contributed by atoms with Gasteiger partial charge < -0.3 is 30.2 Å². The number of rotatable bonds is 10. The van der Waals surface area contributed by atoms with Crippen molar-refractivity contribution in [2.75, 3.05) is 65.5 Å². The Morgan fingerprint density at radius 3 is 2.28 bits per heavy atom. The Kier molecular flexibility index (Phi) is 9.75. The molecule has 1 aromatic rings. The van der Waals surface area contributed by atoms with Gasteiger partial charge in [0, 0.05) is 52.4 Å². The van der Waals surface area contributed by atoms with E-state index in [2.05, 4.69) is 21.2 Å². The van der Waals surface area contributed by atoms with E-state index in [1.165, 1.54) is 0 Å². The molecule has 0 spiro atoms. The number of alkyl carbamates (subject to hydrolysis) is 1. The molecule has 198 valence electrons. The summed E-state index contributed by atoms with van der Waals surface area (Å²) in [6.45, 7) is 11.8. The van der Waals surface area contributed by atoms with Gasteiger partial charge in [0.2, 0.25) is 0 Å². The number of nitrogens with zero attached hydrogens (tertiary/aromatic N) is 4. The highest BCUT2D eigenvalue weighted by Gasteiger charge is 2.34. The largest absolute Gasteiger partial charge is 0.492 e. The van der Waals surface area contributed by atoms with E-state index >= 15 is 0 Å². The normalized spacial score (nSPS) is 20.3. The SMILES string of the molecule is CC(C)(C)OC(=O)NCCN1CC2CN(CCN(CCOc3ccc(C#N)cc3)C(N)=O)CC(C1)O2. The van der Waals surface area contributed by atoms with Gasteiger partial charge in [-0.3, -0.25) is 9.80 Å². The fourth-order valence-electron chi connectivity index (χ4n) is 4.35. The van der Waals surface area contributed by atoms with E-state index in [1.54, 1.807) is 29.2 Å². The third kappa shape index (κ3) is 9.18. The van der Waals surface area contributed by atoms with E-state index in [1.807, 2.05) is 20.8 Å². The van der Waals surface area contributed by atoms with Crippen molar-refractivity contribution in [2.45, 2.75) is 38.6 Å². The third-order valence-electron chi connectivity index (χ3n) is 5.94. The Balaban J connectivity index is 1.36. The van der Waals surface area contributed by atoms with Crippen LogP contribution in [0.25, 0.3) is 0 Å². The van der Waals surface area contributed by atoms with Crippen LogP contribution in [0.4, 0.5) is 9.59 Å². The summed E-state index contributed by atoms with van der Waals surface area (Å²) in [5.74, 6) is 0.644. The van der Waals surface area contributed by atoms with Crippen LogP contribution in [0, 0.1) is 11.3 Å². The number of morpholine rings is 2. The Labute approximate surface area is 213 Å². The summed E-state index contributed by atoms with van der Waals surface area (Å²) in [6.07, 6.45) is -0.232. The first-order valence-electron chi connectivity index (χ1n) is 12.4. The maximum Gasteiger partial charge on any atom is 0.407 e. The van der Waals surface area contributed by atoms with Gasteiger partial charge in [0.25, 0.3) is 0 Å². The monoisotopic (exact) mass is 502 g/mol. The molecule has 11 heteroatoms. The van der Waals surface area contributed by atoms with Crippen molar-refractivity contribution < 1.29 is 23.8 Å². The van der Waals surface area contributed by atoms with E-state index in [0.29, 0.717) is 44.1 Å². The van der Waals surface area contributed by atoms with Crippen LogP contribution in [-0.4, -0.2) is 110 Å². The maximum absolute atomic E-state index is 11.9. The van der Waals surface area contributed by atoms with Crippen LogP contribution in [0.15, 0.2) is 24.3 Å². The second-order valence-corrected chi connectivity index (χ2v) is 10.1. The predicted octanol–water partition coefficient (Wildman–Crippen LogP) is 1.23. The van der Waals surface area contributed by atoms with Crippen molar-refractivity contribution >= 4 is 12.1 Å². The molecule has 2 unspecified atom stereocenters. The van der Waals surface area contributed by atoms with Gasteiger partial charge in [-0.1, -0.05) is 0 Å². The number of hydrogen-bond donors (Lipinski definition) is 2. The molecule has 2 fully saturated rings. The highest BCUT2D eigenvalue weighted by Crippen LogP contribution is 2.19. The molecule has 2 aliphatic heterocycles. The van der Waals surface area contributed by atoms with Crippen molar-refractivity contribution in [1.82, 2.24) is 20.0 Å². The number of nitrogens with one attached hydrogen (secondary N) is 1. The number of ether oxygens (including phenoxy) is 3. The highest BCUT2D eigenvalue weighted by molar-refractivity contribution is 5.72. The average Bonchev–Trinajstić information content (AvgIpc) is 2.79. The summed E-state index contributed by atoms with van der Waals surface area (Å²) in [4.78, 5) is 30.0. The third-order valence-corrected chi connectivity index (χ3v) is 5.94. The van der Waals surface area contributed by atoms with Crippen molar-refractivity contribution in [1.29, 1.82) is 5.26 Å². The van der Waals surface area contributed by atoms with Crippen LogP contribution in [0.1, 0.15) is 26.3 Å². The van der Waals surface area contributed by atoms with Gasteiger partial charge in [-0.25, -0.2) is 9.59 Å². The summed E-state index contributed by atoms with van der Waals surface area (Å²) in [6, 6.07) is 8.44. The number of hydrogen-bond acceptors (Lipinski definition) is 8. The number of amides is 3. The summed E-state index contributed by atoms with van der Waals surface area (Å²) < 4.78 is 17.1. The summed E-state index contributed by atoms with van der Waals surface area (Å²) in [5.41, 5.74) is 5.65. The highest BCUT2D eigenvalue weighted by atomic mass is 16.6. The lowest BCUT2D eigenvalue weighted by Gasteiger charge is -2.46. The number of urea groups is 1. The van der Waals surface area contributed by atoms with Gasteiger partial charge in [-0.2, -0.15) is 5.26 Å². The first-order valence-corrected chi connectivity index (χ1v) is 12.4. The Hall–Kier alpha value is -3.07. The molecule has 0 aliphatic carbocycles. The second kappa shape index (κ2) is 12.8. The molecular formula is C25H38N6O5. The molecule has 1 aromatic carbocycles. The number of primary amides is 1. The number of carbonyl (C=O) groups is 2. The number of carbonyl (C=O) groups excluding carboxylic acids is 2. The minimum Gasteiger partial charge on any atom is -0.492 e. The lowest BCUT2D eigenvalue weighted by atomic mass is 10.1. The fraction of sp³-hybridized carbons (Fsp3) is 0.640. The zero-order valence-electron chi connectivity index (χ0n) is 21.4. The van der Waals surface area contributed by atoms with Gasteiger partial charge in [-0.15, -0.1) is 0 Å². The second-order valence-electron chi connectivity index (χ2n) is 10.1. The van der Waals surface area contributed by atoms with E-state index in [-0.39, 0.29) is 12.2 Å². The number of fused-ring (bicyclic) bond motifs is 2. The molecular weight excluding hydrogens is 464 g/mol. The quantitative estimate of drug-likeness (QED) is 0.488. The molecule has 2 aliphatic rings. The molecule has 2 heterocycles. The average molecular weight is 503 g/mol. The Morgan fingerprint density at radius 1 is 1.11 bits per heavy atom. The molecule has 2 atom stereocenters. The maximum atomic E-state index is 11.9. The summed E-state index contributed by atoms with van der Waals surface area (Å²) >= 11 is 0. The minimum atomic E-state index is -0.508. The molecule has 2 saturated heterocycles. The van der Waals surface area contributed by atoms with Crippen molar-refractivity contribution in [3.8, 4) is 11.8 Å². The van der Waals surface area contributed by atoms with Crippen LogP contribution >= 0.6 is 0 Å². The first kappa shape index (κ1) is 27.5. The topological polar surface area (TPSA) is 133 Å². The van der Waals surface area contributed by atoms with Gasteiger partial charge in [0.15, 0.2) is 0 Å². The standard InChI is InChI=1S/C25H38N6O5/c1-25(2,3)36-24(33)28-8-9-29-15-21-17-30(18-22(16-29)35-21)10-11-31(23(27)32)12-13-34-20-6-4-19(14-26)5-7-20/h4-7,21-22H,8-13,15-18H2,1-3H3,(H2,27,32)(H,28,33). The molecule has 11 nitrogen and oxygen atoms in total. The number of benzene rings is 1. The Morgan fingerprint density at radius 2 is 1.72 bits per heavy atom. The van der Waals surface area contributed by atoms with Crippen LogP contribution in [-0.2, 0) is 9.47 Å².